The molecule has 0 aliphatic carbocycles. The van der Waals surface area contributed by atoms with E-state index in [1.165, 1.54) is 23.8 Å². The predicted octanol–water partition coefficient (Wildman–Crippen LogP) is 4.99. The molecular formula is C25H29N3O3S. The molecule has 1 atom stereocenters. The first-order valence-electron chi connectivity index (χ1n) is 10.8. The van der Waals surface area contributed by atoms with E-state index in [1.807, 2.05) is 54.8 Å². The summed E-state index contributed by atoms with van der Waals surface area (Å²) in [7, 11) is 0. The molecule has 2 N–H and O–H groups in total. The average Bonchev–Trinajstić information content (AvgIpc) is 3.25. The fourth-order valence-electron chi connectivity index (χ4n) is 3.25. The third kappa shape index (κ3) is 7.59. The highest BCUT2D eigenvalue weighted by Crippen LogP contribution is 2.26. The number of carbonyl (C=O) groups excluding carboxylic acids is 2. The molecule has 0 bridgehead atoms. The lowest BCUT2D eigenvalue weighted by molar-refractivity contribution is -0.119. The molecule has 0 aliphatic rings. The summed E-state index contributed by atoms with van der Waals surface area (Å²) in [6.45, 7) is 4.67. The number of nitrogens with one attached hydrogen (secondary N) is 2. The largest absolute Gasteiger partial charge is 0.381 e. The first-order chi connectivity index (χ1) is 15.5. The standard InChI is InChI=1S/C25H29N3O3S/c1-18(26-19(2)29)21-10-12-22(13-11-21)23-17-32-25(27-23)28-24(30)9-6-15-31-16-14-20-7-4-3-5-8-20/h3-5,7-8,10-13,17-18H,6,9,14-16H2,1-2H3,(H,26,29)(H,27,28,30). The quantitative estimate of drug-likeness (QED) is 0.403. The van der Waals surface area contributed by atoms with Crippen molar-refractivity contribution in [3.63, 3.8) is 0 Å². The van der Waals surface area contributed by atoms with Gasteiger partial charge in [-0.1, -0.05) is 54.6 Å². The Bertz CT molecular complexity index is 1000. The number of nitrogens with zero attached hydrogens (tertiary/aromatic N) is 1. The molecule has 2 amide bonds. The van der Waals surface area contributed by atoms with Gasteiger partial charge in [0.25, 0.3) is 0 Å². The molecule has 2 aromatic carbocycles. The molecule has 0 saturated heterocycles. The van der Waals surface area contributed by atoms with Crippen LogP contribution in [0.1, 0.15) is 43.9 Å². The van der Waals surface area contributed by atoms with E-state index in [-0.39, 0.29) is 17.9 Å². The van der Waals surface area contributed by atoms with Crippen molar-refractivity contribution in [1.82, 2.24) is 10.3 Å². The SMILES string of the molecule is CC(=O)NC(C)c1ccc(-c2csc(NC(=O)CCCOCCc3ccccc3)n2)cc1. The van der Waals surface area contributed by atoms with Gasteiger partial charge in [-0.25, -0.2) is 4.98 Å². The van der Waals surface area contributed by atoms with Crippen LogP contribution in [0, 0.1) is 0 Å². The van der Waals surface area contributed by atoms with E-state index in [9.17, 15) is 9.59 Å². The normalized spacial score (nSPS) is 11.7. The zero-order chi connectivity index (χ0) is 22.8. The minimum Gasteiger partial charge on any atom is -0.381 e. The van der Waals surface area contributed by atoms with Gasteiger partial charge >= 0.3 is 0 Å². The molecule has 1 heterocycles. The fourth-order valence-corrected chi connectivity index (χ4v) is 3.98. The molecule has 0 saturated carbocycles. The van der Waals surface area contributed by atoms with Crippen molar-refractivity contribution < 1.29 is 14.3 Å². The van der Waals surface area contributed by atoms with Crippen LogP contribution in [0.25, 0.3) is 11.3 Å². The first-order valence-corrected chi connectivity index (χ1v) is 11.6. The van der Waals surface area contributed by atoms with Crippen molar-refractivity contribution in [2.45, 2.75) is 39.2 Å². The summed E-state index contributed by atoms with van der Waals surface area (Å²) in [5.74, 6) is -0.114. The van der Waals surface area contributed by atoms with Crippen molar-refractivity contribution >= 4 is 28.3 Å². The number of anilines is 1. The minimum atomic E-state index is -0.0583. The second-order valence-electron chi connectivity index (χ2n) is 7.58. The summed E-state index contributed by atoms with van der Waals surface area (Å²) in [5.41, 5.74) is 4.06. The molecule has 3 aromatic rings. The second kappa shape index (κ2) is 12.1. The Morgan fingerprint density at radius 3 is 2.53 bits per heavy atom. The topological polar surface area (TPSA) is 80.3 Å². The molecule has 0 aliphatic heterocycles. The maximum absolute atomic E-state index is 12.2. The highest BCUT2D eigenvalue weighted by Gasteiger charge is 2.10. The van der Waals surface area contributed by atoms with Crippen LogP contribution in [0.5, 0.6) is 0 Å². The predicted molar refractivity (Wildman–Crippen MR) is 129 cm³/mol. The van der Waals surface area contributed by atoms with Crippen molar-refractivity contribution in [2.24, 2.45) is 0 Å². The van der Waals surface area contributed by atoms with Gasteiger partial charge in [0, 0.05) is 30.9 Å². The van der Waals surface area contributed by atoms with Crippen LogP contribution in [-0.4, -0.2) is 30.0 Å². The molecule has 7 heteroatoms. The zero-order valence-electron chi connectivity index (χ0n) is 18.5. The molecule has 32 heavy (non-hydrogen) atoms. The molecule has 6 nitrogen and oxygen atoms in total. The van der Waals surface area contributed by atoms with Crippen LogP contribution < -0.4 is 10.6 Å². The summed E-state index contributed by atoms with van der Waals surface area (Å²) in [4.78, 5) is 27.9. The lowest BCUT2D eigenvalue weighted by Crippen LogP contribution is -2.23. The van der Waals surface area contributed by atoms with E-state index in [2.05, 4.69) is 27.8 Å². The molecule has 1 unspecified atom stereocenters. The van der Waals surface area contributed by atoms with Gasteiger partial charge in [-0.2, -0.15) is 0 Å². The maximum atomic E-state index is 12.2. The summed E-state index contributed by atoms with van der Waals surface area (Å²) >= 11 is 1.41. The summed E-state index contributed by atoms with van der Waals surface area (Å²) < 4.78 is 5.63. The molecule has 0 radical (unpaired) electrons. The maximum Gasteiger partial charge on any atom is 0.226 e. The van der Waals surface area contributed by atoms with Crippen molar-refractivity contribution in [1.29, 1.82) is 0 Å². The van der Waals surface area contributed by atoms with E-state index in [4.69, 9.17) is 4.74 Å². The van der Waals surface area contributed by atoms with Gasteiger partial charge in [-0.3, -0.25) is 9.59 Å². The third-order valence-corrected chi connectivity index (χ3v) is 5.70. The molecule has 168 valence electrons. The van der Waals surface area contributed by atoms with Gasteiger partial charge in [-0.05, 0) is 30.9 Å². The van der Waals surface area contributed by atoms with Gasteiger partial charge in [0.2, 0.25) is 11.8 Å². The van der Waals surface area contributed by atoms with Crippen LogP contribution in [0.3, 0.4) is 0 Å². The van der Waals surface area contributed by atoms with Gasteiger partial charge in [0.1, 0.15) is 0 Å². The fraction of sp³-hybridized carbons (Fsp3) is 0.320. The number of carbonyl (C=O) groups is 2. The summed E-state index contributed by atoms with van der Waals surface area (Å²) in [6.07, 6.45) is 1.95. The van der Waals surface area contributed by atoms with Gasteiger partial charge in [0.05, 0.1) is 18.3 Å². The van der Waals surface area contributed by atoms with Crippen LogP contribution in [0.4, 0.5) is 5.13 Å². The Balaban J connectivity index is 1.38. The Kier molecular flexibility index (Phi) is 8.95. The highest BCUT2D eigenvalue weighted by molar-refractivity contribution is 7.14. The zero-order valence-corrected chi connectivity index (χ0v) is 19.3. The van der Waals surface area contributed by atoms with Gasteiger partial charge < -0.3 is 15.4 Å². The van der Waals surface area contributed by atoms with Crippen LogP contribution in [-0.2, 0) is 20.7 Å². The van der Waals surface area contributed by atoms with Crippen molar-refractivity contribution in [3.05, 3.63) is 71.1 Å². The monoisotopic (exact) mass is 451 g/mol. The Labute approximate surface area is 193 Å². The third-order valence-electron chi connectivity index (χ3n) is 4.95. The molecule has 0 spiro atoms. The number of amides is 2. The van der Waals surface area contributed by atoms with Crippen LogP contribution in [0.2, 0.25) is 0 Å². The van der Waals surface area contributed by atoms with Gasteiger partial charge in [-0.15, -0.1) is 11.3 Å². The number of hydrogen-bond donors (Lipinski definition) is 2. The first kappa shape index (κ1) is 23.6. The van der Waals surface area contributed by atoms with Crippen molar-refractivity contribution in [3.8, 4) is 11.3 Å². The molecular weight excluding hydrogens is 422 g/mol. The van der Waals surface area contributed by atoms with E-state index < -0.39 is 0 Å². The number of ether oxygens (including phenoxy) is 1. The number of hydrogen-bond acceptors (Lipinski definition) is 5. The number of thiazole rings is 1. The Morgan fingerprint density at radius 1 is 1.06 bits per heavy atom. The highest BCUT2D eigenvalue weighted by atomic mass is 32.1. The van der Waals surface area contributed by atoms with Crippen LogP contribution >= 0.6 is 11.3 Å². The van der Waals surface area contributed by atoms with E-state index in [1.54, 1.807) is 0 Å². The second-order valence-corrected chi connectivity index (χ2v) is 8.44. The van der Waals surface area contributed by atoms with Gasteiger partial charge in [0.15, 0.2) is 5.13 Å². The molecule has 3 rings (SSSR count). The number of benzene rings is 2. The summed E-state index contributed by atoms with van der Waals surface area (Å²) in [5, 5.41) is 8.25. The smallest absolute Gasteiger partial charge is 0.226 e. The Morgan fingerprint density at radius 2 is 1.81 bits per heavy atom. The Hall–Kier alpha value is -3.03. The lowest BCUT2D eigenvalue weighted by atomic mass is 10.1. The van der Waals surface area contributed by atoms with E-state index in [0.717, 1.165) is 23.2 Å². The summed E-state index contributed by atoms with van der Waals surface area (Å²) in [6, 6.07) is 18.1. The van der Waals surface area contributed by atoms with Crippen molar-refractivity contribution in [2.75, 3.05) is 18.5 Å². The van der Waals surface area contributed by atoms with E-state index >= 15 is 0 Å². The average molecular weight is 452 g/mol. The van der Waals surface area contributed by atoms with E-state index in [0.29, 0.717) is 31.2 Å². The molecule has 1 aromatic heterocycles. The van der Waals surface area contributed by atoms with Crippen LogP contribution in [0.15, 0.2) is 60.0 Å². The molecule has 0 fully saturated rings. The number of aromatic nitrogens is 1. The minimum absolute atomic E-state index is 0.0471. The number of rotatable bonds is 11. The lowest BCUT2D eigenvalue weighted by Gasteiger charge is -2.13.